The van der Waals surface area contributed by atoms with Gasteiger partial charge in [-0.3, -0.25) is 4.79 Å². The van der Waals surface area contributed by atoms with Crippen LogP contribution in [0.15, 0.2) is 12.1 Å². The maximum absolute atomic E-state index is 12.0. The van der Waals surface area contributed by atoms with E-state index in [-0.39, 0.29) is 11.4 Å². The molecule has 0 fully saturated rings. The summed E-state index contributed by atoms with van der Waals surface area (Å²) in [7, 11) is 1.38. The normalized spacial score (nSPS) is 11.1. The number of carbonyl (C=O) groups is 2. The number of likely N-dealkylation sites (N-methyl/N-ethyl adjacent to an activating group) is 1. The van der Waals surface area contributed by atoms with Gasteiger partial charge in [-0.15, -0.1) is 0 Å². The lowest BCUT2D eigenvalue weighted by Crippen LogP contribution is -2.40. The van der Waals surface area contributed by atoms with E-state index < -0.39 is 31.1 Å². The number of hydrogen-bond acceptors (Lipinski definition) is 4. The van der Waals surface area contributed by atoms with Crippen molar-refractivity contribution in [3.05, 3.63) is 23.4 Å². The number of aromatic nitrogens is 1. The number of carboxylic acid groups (broad SMARTS) is 1. The minimum Gasteiger partial charge on any atom is -0.478 e. The summed E-state index contributed by atoms with van der Waals surface area (Å²) in [6, 6.07) is 2.81. The Morgan fingerprint density at radius 1 is 1.38 bits per heavy atom. The van der Waals surface area contributed by atoms with Crippen molar-refractivity contribution in [2.45, 2.75) is 13.1 Å². The molecule has 0 aliphatic rings. The van der Waals surface area contributed by atoms with Gasteiger partial charge in [0.1, 0.15) is 17.9 Å². The van der Waals surface area contributed by atoms with Gasteiger partial charge in [0.15, 0.2) is 0 Å². The first-order chi connectivity index (χ1) is 9.60. The van der Waals surface area contributed by atoms with Gasteiger partial charge in [0, 0.05) is 12.7 Å². The van der Waals surface area contributed by atoms with Crippen LogP contribution in [0.2, 0.25) is 0 Å². The van der Waals surface area contributed by atoms with Gasteiger partial charge < -0.3 is 15.3 Å². The fourth-order valence-corrected chi connectivity index (χ4v) is 1.55. The second kappa shape index (κ2) is 6.42. The number of carbonyl (C=O) groups excluding carboxylic acids is 1. The summed E-state index contributed by atoms with van der Waals surface area (Å²) in [4.78, 5) is 27.7. The summed E-state index contributed by atoms with van der Waals surface area (Å²) in [5, 5.41) is 10.7. The summed E-state index contributed by atoms with van der Waals surface area (Å²) >= 11 is 0. The smallest absolute Gasteiger partial charge is 0.405 e. The third-order valence-electron chi connectivity index (χ3n) is 2.47. The van der Waals surface area contributed by atoms with Crippen molar-refractivity contribution in [2.24, 2.45) is 0 Å². The molecular weight excluding hydrogens is 291 g/mol. The van der Waals surface area contributed by atoms with Crippen LogP contribution < -0.4 is 10.2 Å². The molecule has 1 amide bonds. The number of amides is 1. The Morgan fingerprint density at radius 3 is 2.52 bits per heavy atom. The van der Waals surface area contributed by atoms with Gasteiger partial charge in [-0.1, -0.05) is 0 Å². The topological polar surface area (TPSA) is 82.5 Å². The van der Waals surface area contributed by atoms with Crippen LogP contribution in [0.25, 0.3) is 0 Å². The molecule has 9 heteroatoms. The zero-order chi connectivity index (χ0) is 16.2. The van der Waals surface area contributed by atoms with Crippen molar-refractivity contribution in [2.75, 3.05) is 25.0 Å². The molecular formula is C12H14F3N3O3. The summed E-state index contributed by atoms with van der Waals surface area (Å²) < 4.78 is 35.9. The number of nitrogens with one attached hydrogen (secondary N) is 1. The first-order valence-corrected chi connectivity index (χ1v) is 5.85. The molecule has 0 bridgehead atoms. The van der Waals surface area contributed by atoms with Gasteiger partial charge in [0.2, 0.25) is 5.91 Å². The maximum atomic E-state index is 12.0. The van der Waals surface area contributed by atoms with Gasteiger partial charge in [0.25, 0.3) is 0 Å². The van der Waals surface area contributed by atoms with Crippen LogP contribution >= 0.6 is 0 Å². The van der Waals surface area contributed by atoms with Crippen molar-refractivity contribution in [1.82, 2.24) is 10.3 Å². The minimum absolute atomic E-state index is 0.0182. The fourth-order valence-electron chi connectivity index (χ4n) is 1.55. The summed E-state index contributed by atoms with van der Waals surface area (Å²) in [6.45, 7) is -0.244. The van der Waals surface area contributed by atoms with Crippen molar-refractivity contribution in [3.63, 3.8) is 0 Å². The minimum atomic E-state index is -4.50. The van der Waals surface area contributed by atoms with Gasteiger partial charge in [-0.2, -0.15) is 13.2 Å². The van der Waals surface area contributed by atoms with Crippen LogP contribution in [0.1, 0.15) is 16.1 Å². The summed E-state index contributed by atoms with van der Waals surface area (Å²) in [5.41, 5.74) is 0.393. The standard InChI is InChI=1S/C12H14F3N3O3/c1-7-3-4-8(11(20)21)10(17-7)18(2)5-9(19)16-6-12(13,14)15/h3-4H,5-6H2,1-2H3,(H,16,19)(H,20,21). The zero-order valence-electron chi connectivity index (χ0n) is 11.4. The molecule has 0 radical (unpaired) electrons. The Bertz CT molecular complexity index is 546. The number of anilines is 1. The van der Waals surface area contributed by atoms with Gasteiger partial charge >= 0.3 is 12.1 Å². The predicted molar refractivity (Wildman–Crippen MR) is 68.3 cm³/mol. The Morgan fingerprint density at radius 2 is 2.00 bits per heavy atom. The molecule has 0 spiro atoms. The van der Waals surface area contributed by atoms with E-state index in [4.69, 9.17) is 5.11 Å². The second-order valence-corrected chi connectivity index (χ2v) is 4.38. The van der Waals surface area contributed by atoms with E-state index >= 15 is 0 Å². The highest BCUT2D eigenvalue weighted by Crippen LogP contribution is 2.17. The molecule has 1 aromatic rings. The summed E-state index contributed by atoms with van der Waals surface area (Å²) in [6.07, 6.45) is -4.50. The van der Waals surface area contributed by atoms with Crippen molar-refractivity contribution in [1.29, 1.82) is 0 Å². The lowest BCUT2D eigenvalue weighted by molar-refractivity contribution is -0.137. The molecule has 0 unspecified atom stereocenters. The average Bonchev–Trinajstić information content (AvgIpc) is 2.35. The van der Waals surface area contributed by atoms with Crippen LogP contribution in [0.3, 0.4) is 0 Å². The lowest BCUT2D eigenvalue weighted by Gasteiger charge is -2.20. The van der Waals surface area contributed by atoms with E-state index in [0.29, 0.717) is 5.69 Å². The Kier molecular flexibility index (Phi) is 5.12. The highest BCUT2D eigenvalue weighted by atomic mass is 19.4. The monoisotopic (exact) mass is 305 g/mol. The van der Waals surface area contributed by atoms with Gasteiger partial charge in [-0.05, 0) is 19.1 Å². The highest BCUT2D eigenvalue weighted by Gasteiger charge is 2.28. The number of carboxylic acids is 1. The third-order valence-corrected chi connectivity index (χ3v) is 2.47. The molecule has 116 valence electrons. The molecule has 1 heterocycles. The van der Waals surface area contributed by atoms with Crippen LogP contribution in [0.5, 0.6) is 0 Å². The lowest BCUT2D eigenvalue weighted by atomic mass is 10.2. The Balaban J connectivity index is 2.80. The Hall–Kier alpha value is -2.32. The van der Waals surface area contributed by atoms with Crippen LogP contribution in [0.4, 0.5) is 19.0 Å². The number of nitrogens with zero attached hydrogens (tertiary/aromatic N) is 2. The van der Waals surface area contributed by atoms with E-state index in [1.165, 1.54) is 24.1 Å². The number of aromatic carboxylic acids is 1. The quantitative estimate of drug-likeness (QED) is 0.854. The van der Waals surface area contributed by atoms with Crippen molar-refractivity contribution < 1.29 is 27.9 Å². The molecule has 1 rings (SSSR count). The van der Waals surface area contributed by atoms with Gasteiger partial charge in [0.05, 0.1) is 6.54 Å². The largest absolute Gasteiger partial charge is 0.478 e. The van der Waals surface area contributed by atoms with E-state index in [1.54, 1.807) is 12.2 Å². The van der Waals surface area contributed by atoms with Crippen LogP contribution in [0, 0.1) is 6.92 Å². The number of rotatable bonds is 5. The molecule has 0 aliphatic carbocycles. The molecule has 2 N–H and O–H groups in total. The molecule has 0 aromatic carbocycles. The first-order valence-electron chi connectivity index (χ1n) is 5.85. The van der Waals surface area contributed by atoms with E-state index in [9.17, 15) is 22.8 Å². The molecule has 0 saturated carbocycles. The molecule has 6 nitrogen and oxygen atoms in total. The van der Waals surface area contributed by atoms with Crippen molar-refractivity contribution in [3.8, 4) is 0 Å². The zero-order valence-corrected chi connectivity index (χ0v) is 11.4. The first kappa shape index (κ1) is 16.7. The fraction of sp³-hybridized carbons (Fsp3) is 0.417. The van der Waals surface area contributed by atoms with Crippen LogP contribution in [-0.2, 0) is 4.79 Å². The predicted octanol–water partition coefficient (Wildman–Crippen LogP) is 1.20. The molecule has 0 aliphatic heterocycles. The third kappa shape index (κ3) is 5.28. The Labute approximate surface area is 118 Å². The van der Waals surface area contributed by atoms with Crippen LogP contribution in [-0.4, -0.2) is 48.3 Å². The van der Waals surface area contributed by atoms with E-state index in [2.05, 4.69) is 4.98 Å². The van der Waals surface area contributed by atoms with E-state index in [1.807, 2.05) is 0 Å². The van der Waals surface area contributed by atoms with E-state index in [0.717, 1.165) is 0 Å². The number of hydrogen-bond donors (Lipinski definition) is 2. The maximum Gasteiger partial charge on any atom is 0.405 e. The van der Waals surface area contributed by atoms with Gasteiger partial charge in [-0.25, -0.2) is 9.78 Å². The second-order valence-electron chi connectivity index (χ2n) is 4.38. The molecule has 21 heavy (non-hydrogen) atoms. The number of aryl methyl sites for hydroxylation is 1. The summed E-state index contributed by atoms with van der Waals surface area (Å²) in [5.74, 6) is -2.10. The molecule has 0 atom stereocenters. The number of alkyl halides is 3. The number of halogens is 3. The molecule has 0 saturated heterocycles. The number of pyridine rings is 1. The average molecular weight is 305 g/mol. The SMILES string of the molecule is Cc1ccc(C(=O)O)c(N(C)CC(=O)NCC(F)(F)F)n1. The van der Waals surface area contributed by atoms with Crippen molar-refractivity contribution >= 4 is 17.7 Å². The highest BCUT2D eigenvalue weighted by molar-refractivity contribution is 5.94. The molecule has 1 aromatic heterocycles.